The Morgan fingerprint density at radius 3 is 2.70 bits per heavy atom. The van der Waals surface area contributed by atoms with Gasteiger partial charge in [-0.3, -0.25) is 0 Å². The van der Waals surface area contributed by atoms with E-state index in [4.69, 9.17) is 0 Å². The predicted molar refractivity (Wildman–Crippen MR) is 74.8 cm³/mol. The number of aryl methyl sites for hydroxylation is 1. The lowest BCUT2D eigenvalue weighted by Gasteiger charge is -2.11. The average Bonchev–Trinajstić information content (AvgIpc) is 2.81. The van der Waals surface area contributed by atoms with E-state index in [-0.39, 0.29) is 10.8 Å². The minimum Gasteiger partial charge on any atom is -0.384 e. The number of tetrazole rings is 1. The van der Waals surface area contributed by atoms with Crippen molar-refractivity contribution in [3.05, 3.63) is 24.3 Å². The monoisotopic (exact) mass is 296 g/mol. The zero-order valence-electron chi connectivity index (χ0n) is 11.2. The Balaban J connectivity index is 2.29. The Morgan fingerprint density at radius 1 is 1.30 bits per heavy atom. The normalized spacial score (nSPS) is 11.3. The van der Waals surface area contributed by atoms with E-state index in [2.05, 4.69) is 25.4 Å². The fourth-order valence-electron chi connectivity index (χ4n) is 1.61. The molecule has 0 aliphatic rings. The number of sulfonamides is 1. The third kappa shape index (κ3) is 3.23. The van der Waals surface area contributed by atoms with E-state index >= 15 is 0 Å². The summed E-state index contributed by atoms with van der Waals surface area (Å²) in [5.41, 5.74) is 0.547. The molecule has 0 fully saturated rings. The number of nitrogens with one attached hydrogen (secondary N) is 2. The first-order chi connectivity index (χ1) is 9.53. The number of para-hydroxylation sites is 1. The summed E-state index contributed by atoms with van der Waals surface area (Å²) in [5, 5.41) is 14.1. The van der Waals surface area contributed by atoms with Gasteiger partial charge < -0.3 is 5.32 Å². The minimum atomic E-state index is -3.75. The van der Waals surface area contributed by atoms with Crippen molar-refractivity contribution in [2.45, 2.75) is 18.2 Å². The fourth-order valence-corrected chi connectivity index (χ4v) is 2.73. The van der Waals surface area contributed by atoms with E-state index in [0.717, 1.165) is 6.42 Å². The van der Waals surface area contributed by atoms with Crippen molar-refractivity contribution >= 4 is 21.7 Å². The first kappa shape index (κ1) is 14.3. The highest BCUT2D eigenvalue weighted by Gasteiger charge is 2.20. The standard InChI is InChI=1S/C11H16N6O2S/c1-3-8-12-9-6-4-5-7-10(9)20(18,19)15-11-13-16-17(2)14-11/h4-7,12H,3,8H2,1-2H3,(H,14,15). The van der Waals surface area contributed by atoms with Gasteiger partial charge in [-0.1, -0.05) is 24.2 Å². The Hall–Kier alpha value is -2.16. The summed E-state index contributed by atoms with van der Waals surface area (Å²) in [6, 6.07) is 6.68. The number of hydrogen-bond acceptors (Lipinski definition) is 6. The van der Waals surface area contributed by atoms with Crippen molar-refractivity contribution < 1.29 is 8.42 Å². The van der Waals surface area contributed by atoms with Gasteiger partial charge in [0, 0.05) is 6.54 Å². The summed E-state index contributed by atoms with van der Waals surface area (Å²) in [6.45, 7) is 2.70. The van der Waals surface area contributed by atoms with Crippen molar-refractivity contribution in [1.29, 1.82) is 0 Å². The summed E-state index contributed by atoms with van der Waals surface area (Å²) >= 11 is 0. The molecule has 1 aromatic heterocycles. The van der Waals surface area contributed by atoms with Gasteiger partial charge in [0.15, 0.2) is 0 Å². The summed E-state index contributed by atoms with van der Waals surface area (Å²) < 4.78 is 27.0. The molecule has 0 saturated heterocycles. The van der Waals surface area contributed by atoms with Gasteiger partial charge in [0.1, 0.15) is 4.90 Å². The van der Waals surface area contributed by atoms with Crippen LogP contribution in [0.4, 0.5) is 11.6 Å². The van der Waals surface area contributed by atoms with E-state index in [1.54, 1.807) is 25.2 Å². The number of aromatic nitrogens is 4. The highest BCUT2D eigenvalue weighted by Crippen LogP contribution is 2.22. The van der Waals surface area contributed by atoms with Crippen LogP contribution in [0.25, 0.3) is 0 Å². The van der Waals surface area contributed by atoms with Crippen LogP contribution in [0.3, 0.4) is 0 Å². The minimum absolute atomic E-state index is 0.0576. The van der Waals surface area contributed by atoms with Crippen LogP contribution >= 0.6 is 0 Å². The Labute approximate surface area is 117 Å². The van der Waals surface area contributed by atoms with Gasteiger partial charge >= 0.3 is 0 Å². The highest BCUT2D eigenvalue weighted by molar-refractivity contribution is 7.92. The Morgan fingerprint density at radius 2 is 2.05 bits per heavy atom. The van der Waals surface area contributed by atoms with Crippen molar-refractivity contribution in [2.24, 2.45) is 7.05 Å². The van der Waals surface area contributed by atoms with Crippen LogP contribution in [0, 0.1) is 0 Å². The largest absolute Gasteiger partial charge is 0.384 e. The quantitative estimate of drug-likeness (QED) is 0.818. The van der Waals surface area contributed by atoms with E-state index < -0.39 is 10.0 Å². The highest BCUT2D eigenvalue weighted by atomic mass is 32.2. The van der Waals surface area contributed by atoms with Gasteiger partial charge in [0.2, 0.25) is 0 Å². The van der Waals surface area contributed by atoms with Gasteiger partial charge in [-0.2, -0.15) is 4.80 Å². The van der Waals surface area contributed by atoms with Crippen LogP contribution in [-0.4, -0.2) is 35.2 Å². The predicted octanol–water partition coefficient (Wildman–Crippen LogP) is 0.833. The lowest BCUT2D eigenvalue weighted by Crippen LogP contribution is -2.16. The van der Waals surface area contributed by atoms with E-state index in [9.17, 15) is 8.42 Å². The lowest BCUT2D eigenvalue weighted by molar-refractivity contribution is 0.601. The molecule has 0 bridgehead atoms. The lowest BCUT2D eigenvalue weighted by atomic mass is 10.3. The van der Waals surface area contributed by atoms with Gasteiger partial charge in [-0.05, 0) is 23.8 Å². The fraction of sp³-hybridized carbons (Fsp3) is 0.364. The molecule has 2 aromatic rings. The molecule has 2 rings (SSSR count). The molecular weight excluding hydrogens is 280 g/mol. The molecule has 2 N–H and O–H groups in total. The second kappa shape index (κ2) is 5.87. The summed E-state index contributed by atoms with van der Waals surface area (Å²) in [5.74, 6) is -0.0576. The topological polar surface area (TPSA) is 102 Å². The van der Waals surface area contributed by atoms with Gasteiger partial charge in [-0.15, -0.1) is 5.10 Å². The Bertz CT molecular complexity index is 682. The molecule has 8 nitrogen and oxygen atoms in total. The molecule has 1 aromatic carbocycles. The number of hydrogen-bond donors (Lipinski definition) is 2. The second-order valence-electron chi connectivity index (χ2n) is 4.13. The molecule has 0 aliphatic carbocycles. The third-order valence-electron chi connectivity index (χ3n) is 2.48. The molecule has 9 heteroatoms. The molecule has 0 spiro atoms. The van der Waals surface area contributed by atoms with Gasteiger partial charge in [0.05, 0.1) is 12.7 Å². The average molecular weight is 296 g/mol. The molecule has 1 heterocycles. The zero-order chi connectivity index (χ0) is 14.6. The van der Waals surface area contributed by atoms with Crippen molar-refractivity contribution in [3.63, 3.8) is 0 Å². The van der Waals surface area contributed by atoms with Gasteiger partial charge in [-0.25, -0.2) is 13.1 Å². The van der Waals surface area contributed by atoms with Crippen LogP contribution in [0.15, 0.2) is 29.2 Å². The van der Waals surface area contributed by atoms with Crippen molar-refractivity contribution in [1.82, 2.24) is 20.2 Å². The van der Waals surface area contributed by atoms with Crippen LogP contribution in [0.2, 0.25) is 0 Å². The first-order valence-electron chi connectivity index (χ1n) is 6.12. The van der Waals surface area contributed by atoms with Crippen LogP contribution < -0.4 is 10.0 Å². The number of benzene rings is 1. The maximum absolute atomic E-state index is 12.3. The smallest absolute Gasteiger partial charge is 0.277 e. The molecule has 0 unspecified atom stereocenters. The number of rotatable bonds is 6. The summed E-state index contributed by atoms with van der Waals surface area (Å²) in [4.78, 5) is 1.33. The van der Waals surface area contributed by atoms with Crippen LogP contribution in [-0.2, 0) is 17.1 Å². The molecular formula is C11H16N6O2S. The number of anilines is 2. The van der Waals surface area contributed by atoms with Crippen LogP contribution in [0.5, 0.6) is 0 Å². The maximum Gasteiger partial charge on any atom is 0.277 e. The molecule has 20 heavy (non-hydrogen) atoms. The zero-order valence-corrected chi connectivity index (χ0v) is 12.1. The van der Waals surface area contributed by atoms with E-state index in [1.807, 2.05) is 6.92 Å². The molecule has 0 aliphatic heterocycles. The molecule has 108 valence electrons. The van der Waals surface area contributed by atoms with Crippen LogP contribution in [0.1, 0.15) is 13.3 Å². The Kier molecular flexibility index (Phi) is 4.18. The third-order valence-corrected chi connectivity index (χ3v) is 3.86. The first-order valence-corrected chi connectivity index (χ1v) is 7.61. The maximum atomic E-state index is 12.3. The second-order valence-corrected chi connectivity index (χ2v) is 5.78. The summed E-state index contributed by atoms with van der Waals surface area (Å²) in [7, 11) is -2.19. The van der Waals surface area contributed by atoms with Gasteiger partial charge in [0.25, 0.3) is 16.0 Å². The van der Waals surface area contributed by atoms with E-state index in [1.165, 1.54) is 10.9 Å². The number of nitrogens with zero attached hydrogens (tertiary/aromatic N) is 4. The molecule has 0 radical (unpaired) electrons. The molecule has 0 saturated carbocycles. The SMILES string of the molecule is CCCNc1ccccc1S(=O)(=O)Nc1nnn(C)n1. The van der Waals surface area contributed by atoms with E-state index in [0.29, 0.717) is 12.2 Å². The summed E-state index contributed by atoms with van der Waals surface area (Å²) in [6.07, 6.45) is 0.896. The van der Waals surface area contributed by atoms with Crippen molar-refractivity contribution in [2.75, 3.05) is 16.6 Å². The molecule has 0 amide bonds. The molecule has 0 atom stereocenters. The van der Waals surface area contributed by atoms with Crippen molar-refractivity contribution in [3.8, 4) is 0 Å².